The minimum atomic E-state index is -1.31. The van der Waals surface area contributed by atoms with Gasteiger partial charge in [-0.1, -0.05) is 136 Å². The maximum Gasteiger partial charge on any atom is 0.249 e. The fourth-order valence-corrected chi connectivity index (χ4v) is 9.94. The summed E-state index contributed by atoms with van der Waals surface area (Å²) in [6.45, 7) is 10.0. The summed E-state index contributed by atoms with van der Waals surface area (Å²) >= 11 is 0. The lowest BCUT2D eigenvalue weighted by Crippen LogP contribution is -2.62. The number of aryl methyl sites for hydroxylation is 1. The Morgan fingerprint density at radius 2 is 1.54 bits per heavy atom. The molecule has 9 nitrogen and oxygen atoms in total. The molecule has 2 heterocycles. The Morgan fingerprint density at radius 3 is 2.14 bits per heavy atom. The van der Waals surface area contributed by atoms with Gasteiger partial charge in [0.15, 0.2) is 0 Å². The van der Waals surface area contributed by atoms with Crippen LogP contribution in [0.3, 0.4) is 0 Å². The second-order valence-corrected chi connectivity index (χ2v) is 17.5. The van der Waals surface area contributed by atoms with Crippen LogP contribution in [-0.2, 0) is 40.2 Å². The highest BCUT2D eigenvalue weighted by Crippen LogP contribution is 2.41. The van der Waals surface area contributed by atoms with E-state index in [4.69, 9.17) is 4.74 Å². The van der Waals surface area contributed by atoms with E-state index in [-0.39, 0.29) is 48.7 Å². The topological polar surface area (TPSA) is 111 Å². The van der Waals surface area contributed by atoms with Crippen molar-refractivity contribution in [2.24, 2.45) is 5.92 Å². The molecular formula is C54H60F2N4O5. The van der Waals surface area contributed by atoms with Crippen molar-refractivity contribution in [2.45, 2.75) is 102 Å². The zero-order valence-electron chi connectivity index (χ0n) is 37.5. The lowest BCUT2D eigenvalue weighted by Gasteiger charge is -2.46. The smallest absolute Gasteiger partial charge is 0.249 e. The number of hydrogen-bond donors (Lipinski definition) is 3. The van der Waals surface area contributed by atoms with Crippen LogP contribution in [0.5, 0.6) is 5.75 Å². The molecule has 7 rings (SSSR count). The van der Waals surface area contributed by atoms with Crippen molar-refractivity contribution in [1.29, 1.82) is 0 Å². The highest BCUT2D eigenvalue weighted by Gasteiger charge is 2.53. The van der Waals surface area contributed by atoms with Crippen LogP contribution in [0.1, 0.15) is 79.5 Å². The Labute approximate surface area is 381 Å². The number of aliphatic hydroxyl groups excluding tert-OH is 1. The Bertz CT molecular complexity index is 2360. The van der Waals surface area contributed by atoms with Crippen LogP contribution < -0.4 is 15.4 Å². The van der Waals surface area contributed by atoms with E-state index >= 15 is 4.79 Å². The number of likely N-dealkylation sites (tertiary alicyclic amines) is 1. The Morgan fingerprint density at radius 1 is 0.908 bits per heavy atom. The lowest BCUT2D eigenvalue weighted by atomic mass is 9.81. The molecule has 1 fully saturated rings. The fraction of sp³-hybridized carbons (Fsp3) is 0.352. The second-order valence-electron chi connectivity index (χ2n) is 17.5. The van der Waals surface area contributed by atoms with Gasteiger partial charge in [0.1, 0.15) is 35.6 Å². The third kappa shape index (κ3) is 10.7. The Balaban J connectivity index is 1.32. The standard InChI is InChI=1S/C54H60F2N4O5/c1-5-29-65-49-24-16-23-42-33-48(60(35-45(42)49)50(40-19-12-8-13-20-40)41-21-14-9-15-22-41)51(62)46(32-39-30-43(55)34-44(56)31-39)57-52(63)47(26-25-38-17-10-7-11-18-38)59-28-27-54(53(59)64,36(3)6-2)58-37(4)61/h5,7-24,30-31,34,36,46-48,50-51,62H,1,6,25-29,32-33,35H2,2-4H3,(H,57,63)(H,58,61)/t36-,46+,47+,48-,51+,54+/m1/s1. The van der Waals surface area contributed by atoms with Crippen LogP contribution in [0.25, 0.3) is 0 Å². The van der Waals surface area contributed by atoms with Crippen LogP contribution in [-0.4, -0.2) is 75.5 Å². The number of rotatable bonds is 19. The van der Waals surface area contributed by atoms with Crippen molar-refractivity contribution < 1.29 is 33.0 Å². The number of halogens is 2. The number of ether oxygens (including phenoxy) is 1. The van der Waals surface area contributed by atoms with Gasteiger partial charge in [0.05, 0.1) is 18.2 Å². The number of nitrogens with one attached hydrogen (secondary N) is 2. The zero-order chi connectivity index (χ0) is 46.1. The summed E-state index contributed by atoms with van der Waals surface area (Å²) in [5.74, 6) is -2.26. The van der Waals surface area contributed by atoms with Gasteiger partial charge < -0.3 is 25.4 Å². The summed E-state index contributed by atoms with van der Waals surface area (Å²) in [4.78, 5) is 46.4. The third-order valence-corrected chi connectivity index (χ3v) is 13.3. The number of amides is 3. The lowest BCUT2D eigenvalue weighted by molar-refractivity contribution is -0.144. The predicted octanol–water partition coefficient (Wildman–Crippen LogP) is 8.29. The Hall–Kier alpha value is -6.17. The molecule has 0 unspecified atom stereocenters. The summed E-state index contributed by atoms with van der Waals surface area (Å²) in [6, 6.07) is 35.7. The molecule has 0 aromatic heterocycles. The minimum absolute atomic E-state index is 0.120. The molecule has 0 bridgehead atoms. The quantitative estimate of drug-likeness (QED) is 0.0721. The first-order valence-electron chi connectivity index (χ1n) is 22.7. The van der Waals surface area contributed by atoms with Gasteiger partial charge in [-0.3, -0.25) is 19.3 Å². The Kier molecular flexibility index (Phi) is 15.3. The SMILES string of the molecule is C=CCOc1cccc2c1CN(C(c1ccccc1)c1ccccc1)[C@@H]([C@@H](O)[C@H](Cc1cc(F)cc(F)c1)NC(=O)[C@H](CCc1ccccc1)N1CC[C@](NC(C)=O)([C@H](C)CC)C1=O)C2. The molecule has 340 valence electrons. The molecular weight excluding hydrogens is 823 g/mol. The average molecular weight is 883 g/mol. The second kappa shape index (κ2) is 21.2. The highest BCUT2D eigenvalue weighted by atomic mass is 19.1. The van der Waals surface area contributed by atoms with Crippen LogP contribution in [0.15, 0.2) is 140 Å². The van der Waals surface area contributed by atoms with Gasteiger partial charge in [-0.05, 0) is 84.0 Å². The van der Waals surface area contributed by atoms with Crippen molar-refractivity contribution in [3.8, 4) is 5.75 Å². The third-order valence-electron chi connectivity index (χ3n) is 13.3. The summed E-state index contributed by atoms with van der Waals surface area (Å²) < 4.78 is 36.1. The molecule has 6 atom stereocenters. The molecule has 1 saturated heterocycles. The maximum atomic E-state index is 15.2. The molecule has 0 spiro atoms. The first kappa shape index (κ1) is 46.8. The van der Waals surface area contributed by atoms with E-state index in [2.05, 4.69) is 46.4 Å². The first-order chi connectivity index (χ1) is 31.4. The van der Waals surface area contributed by atoms with E-state index in [1.807, 2.05) is 98.8 Å². The molecule has 5 aromatic rings. The van der Waals surface area contributed by atoms with E-state index < -0.39 is 47.3 Å². The molecule has 3 N–H and O–H groups in total. The van der Waals surface area contributed by atoms with Gasteiger partial charge in [-0.2, -0.15) is 0 Å². The van der Waals surface area contributed by atoms with Crippen LogP contribution in [0.2, 0.25) is 0 Å². The largest absolute Gasteiger partial charge is 0.489 e. The number of benzene rings is 5. The predicted molar refractivity (Wildman–Crippen MR) is 249 cm³/mol. The van der Waals surface area contributed by atoms with Gasteiger partial charge in [-0.15, -0.1) is 0 Å². The van der Waals surface area contributed by atoms with Crippen molar-refractivity contribution in [2.75, 3.05) is 13.2 Å². The summed E-state index contributed by atoms with van der Waals surface area (Å²) in [5, 5.41) is 19.3. The molecule has 0 radical (unpaired) electrons. The fourth-order valence-electron chi connectivity index (χ4n) is 9.94. The number of hydrogen-bond acceptors (Lipinski definition) is 6. The van der Waals surface area contributed by atoms with Gasteiger partial charge in [0.2, 0.25) is 17.7 Å². The maximum absolute atomic E-state index is 15.2. The van der Waals surface area contributed by atoms with Crippen molar-refractivity contribution in [3.63, 3.8) is 0 Å². The van der Waals surface area contributed by atoms with E-state index in [9.17, 15) is 23.5 Å². The summed E-state index contributed by atoms with van der Waals surface area (Å²) in [7, 11) is 0. The van der Waals surface area contributed by atoms with Gasteiger partial charge in [0.25, 0.3) is 0 Å². The molecule has 2 aliphatic rings. The van der Waals surface area contributed by atoms with E-state index in [1.54, 1.807) is 11.0 Å². The normalized spacial score (nSPS) is 19.2. The molecule has 5 aromatic carbocycles. The number of nitrogens with zero attached hydrogens (tertiary/aromatic N) is 2. The highest BCUT2D eigenvalue weighted by molar-refractivity contribution is 5.96. The molecule has 0 aliphatic carbocycles. The zero-order valence-corrected chi connectivity index (χ0v) is 37.5. The molecule has 0 saturated carbocycles. The van der Waals surface area contributed by atoms with Crippen LogP contribution in [0.4, 0.5) is 8.78 Å². The van der Waals surface area contributed by atoms with E-state index in [1.165, 1.54) is 19.1 Å². The molecule has 2 aliphatic heterocycles. The van der Waals surface area contributed by atoms with Crippen molar-refractivity contribution >= 4 is 17.7 Å². The van der Waals surface area contributed by atoms with Crippen LogP contribution in [0, 0.1) is 17.6 Å². The summed E-state index contributed by atoms with van der Waals surface area (Å²) in [5.41, 5.74) is 3.90. The minimum Gasteiger partial charge on any atom is -0.489 e. The van der Waals surface area contributed by atoms with Gasteiger partial charge in [0, 0.05) is 37.7 Å². The van der Waals surface area contributed by atoms with Crippen molar-refractivity contribution in [3.05, 3.63) is 185 Å². The van der Waals surface area contributed by atoms with Gasteiger partial charge >= 0.3 is 0 Å². The van der Waals surface area contributed by atoms with Gasteiger partial charge in [-0.25, -0.2) is 8.78 Å². The van der Waals surface area contributed by atoms with E-state index in [0.29, 0.717) is 44.6 Å². The molecule has 3 amide bonds. The molecule has 65 heavy (non-hydrogen) atoms. The first-order valence-corrected chi connectivity index (χ1v) is 22.7. The van der Waals surface area contributed by atoms with Crippen molar-refractivity contribution in [1.82, 2.24) is 20.4 Å². The molecule has 11 heteroatoms. The number of carbonyl (C=O) groups excluding carboxylic acids is 3. The number of fused-ring (bicyclic) bond motifs is 1. The average Bonchev–Trinajstić information content (AvgIpc) is 3.62. The monoisotopic (exact) mass is 882 g/mol. The van der Waals surface area contributed by atoms with E-state index in [0.717, 1.165) is 33.9 Å². The number of aliphatic hydroxyl groups is 1. The number of carbonyl (C=O) groups is 3. The van der Waals surface area contributed by atoms with Crippen LogP contribution >= 0.6 is 0 Å². The summed E-state index contributed by atoms with van der Waals surface area (Å²) in [6.07, 6.45) is 2.25.